The van der Waals surface area contributed by atoms with Crippen molar-refractivity contribution >= 4 is 45.0 Å². The molecule has 2 heterocycles. The van der Waals surface area contributed by atoms with Gasteiger partial charge in [-0.2, -0.15) is 0 Å². The van der Waals surface area contributed by atoms with Crippen molar-refractivity contribution in [2.45, 2.75) is 0 Å². The molecule has 1 N–H and O–H groups in total. The van der Waals surface area contributed by atoms with Crippen molar-refractivity contribution in [3.8, 4) is 0 Å². The summed E-state index contributed by atoms with van der Waals surface area (Å²) in [5, 5.41) is 3.51. The Hall–Kier alpha value is -0.520. The van der Waals surface area contributed by atoms with E-state index in [2.05, 4.69) is 11.1 Å². The zero-order valence-electron chi connectivity index (χ0n) is 8.97. The van der Waals surface area contributed by atoms with Crippen LogP contribution in [0.5, 0.6) is 0 Å². The third-order valence-electron chi connectivity index (χ3n) is 2.70. The molecule has 0 spiro atoms. The van der Waals surface area contributed by atoms with Crippen LogP contribution in [0.2, 0.25) is 10.0 Å². The molecule has 2 nitrogen and oxygen atoms in total. The van der Waals surface area contributed by atoms with Gasteiger partial charge in [0.15, 0.2) is 12.4 Å². The predicted octanol–water partition coefficient (Wildman–Crippen LogP) is 0.456. The van der Waals surface area contributed by atoms with Crippen molar-refractivity contribution < 1.29 is 28.5 Å². The average molecular weight is 379 g/mol. The summed E-state index contributed by atoms with van der Waals surface area (Å²) in [4.78, 5) is 3.30. The number of rotatable bonds is 0. The van der Waals surface area contributed by atoms with Crippen LogP contribution in [0.3, 0.4) is 0 Å². The number of aromatic amines is 1. The fourth-order valence-corrected chi connectivity index (χ4v) is 2.52. The average Bonchev–Trinajstić information content (AvgIpc) is 2.56. The number of nitrogens with one attached hydrogen (secondary N) is 1. The van der Waals surface area contributed by atoms with Crippen LogP contribution >= 0.6 is 23.2 Å². The third kappa shape index (κ3) is 2.11. The Labute approximate surface area is 126 Å². The van der Waals surface area contributed by atoms with Crippen LogP contribution in [0.1, 0.15) is 0 Å². The van der Waals surface area contributed by atoms with Gasteiger partial charge in [-0.25, -0.2) is 4.57 Å². The van der Waals surface area contributed by atoms with Crippen LogP contribution in [-0.4, -0.2) is 4.98 Å². The fourth-order valence-electron chi connectivity index (χ4n) is 1.98. The molecule has 0 atom stereocenters. The van der Waals surface area contributed by atoms with Crippen molar-refractivity contribution in [3.63, 3.8) is 0 Å². The monoisotopic (exact) mass is 378 g/mol. The standard InChI is InChI=1S/C12H8Cl2N2.HI/c1-16-3-2-8-9-4-7(13)5-10(14)12(9)15-11(8)6-16;/h2-6H,1H3;1H. The highest BCUT2D eigenvalue weighted by molar-refractivity contribution is 6.39. The number of nitrogens with zero attached hydrogens (tertiary/aromatic N) is 1. The van der Waals surface area contributed by atoms with Crippen molar-refractivity contribution in [1.82, 2.24) is 4.98 Å². The Kier molecular flexibility index (Phi) is 3.52. The topological polar surface area (TPSA) is 19.7 Å². The fraction of sp³-hybridized carbons (Fsp3) is 0.0833. The summed E-state index contributed by atoms with van der Waals surface area (Å²) in [7, 11) is 1.99. The van der Waals surface area contributed by atoms with E-state index in [0.717, 1.165) is 21.8 Å². The minimum atomic E-state index is 0. The molecular weight excluding hydrogens is 370 g/mol. The summed E-state index contributed by atoms with van der Waals surface area (Å²) in [5.41, 5.74) is 2.00. The SMILES string of the molecule is C[n+]1ccc2c(c1)[nH]c1c(Cl)cc(Cl)cc12.[I-]. The van der Waals surface area contributed by atoms with E-state index in [1.165, 1.54) is 0 Å². The largest absolute Gasteiger partial charge is 1.00 e. The van der Waals surface area contributed by atoms with Crippen molar-refractivity contribution in [3.05, 3.63) is 40.6 Å². The molecule has 0 aliphatic carbocycles. The number of hydrogen-bond donors (Lipinski definition) is 1. The number of H-pyrrole nitrogens is 1. The number of fused-ring (bicyclic) bond motifs is 3. The summed E-state index contributed by atoms with van der Waals surface area (Å²) in [6.07, 6.45) is 4.03. The molecule has 0 aliphatic heterocycles. The van der Waals surface area contributed by atoms with Crippen LogP contribution in [0.25, 0.3) is 21.8 Å². The van der Waals surface area contributed by atoms with E-state index in [0.29, 0.717) is 10.0 Å². The van der Waals surface area contributed by atoms with Gasteiger partial charge in [0, 0.05) is 21.9 Å². The van der Waals surface area contributed by atoms with Gasteiger partial charge in [0.05, 0.1) is 10.5 Å². The minimum absolute atomic E-state index is 0. The first-order valence-electron chi connectivity index (χ1n) is 4.91. The van der Waals surface area contributed by atoms with Gasteiger partial charge in [0.2, 0.25) is 0 Å². The lowest BCUT2D eigenvalue weighted by Gasteiger charge is -1.95. The molecule has 17 heavy (non-hydrogen) atoms. The van der Waals surface area contributed by atoms with Crippen molar-refractivity contribution in [2.24, 2.45) is 7.05 Å². The van der Waals surface area contributed by atoms with Gasteiger partial charge in [-0.15, -0.1) is 0 Å². The Morgan fingerprint density at radius 3 is 2.71 bits per heavy atom. The third-order valence-corrected chi connectivity index (χ3v) is 3.22. The second kappa shape index (κ2) is 4.63. The Balaban J connectivity index is 0.00000108. The molecule has 88 valence electrons. The number of aromatic nitrogens is 2. The van der Waals surface area contributed by atoms with E-state index in [-0.39, 0.29) is 24.0 Å². The van der Waals surface area contributed by atoms with E-state index in [4.69, 9.17) is 23.2 Å². The van der Waals surface area contributed by atoms with Gasteiger partial charge in [-0.3, -0.25) is 0 Å². The maximum atomic E-state index is 6.15. The molecule has 0 aliphatic rings. The molecule has 0 bridgehead atoms. The zero-order chi connectivity index (χ0) is 11.3. The molecule has 3 aromatic rings. The van der Waals surface area contributed by atoms with Crippen LogP contribution in [0.15, 0.2) is 30.6 Å². The van der Waals surface area contributed by atoms with E-state index < -0.39 is 0 Å². The van der Waals surface area contributed by atoms with Crippen LogP contribution in [0, 0.1) is 0 Å². The smallest absolute Gasteiger partial charge is 0.192 e. The number of halogens is 3. The van der Waals surface area contributed by atoms with E-state index in [1.54, 1.807) is 6.07 Å². The first-order chi connectivity index (χ1) is 7.65. The second-order valence-corrected chi connectivity index (χ2v) is 4.72. The summed E-state index contributed by atoms with van der Waals surface area (Å²) in [5.74, 6) is 0. The lowest BCUT2D eigenvalue weighted by atomic mass is 10.2. The number of benzene rings is 1. The molecule has 2 aromatic heterocycles. The summed E-state index contributed by atoms with van der Waals surface area (Å²) in [6.45, 7) is 0. The summed E-state index contributed by atoms with van der Waals surface area (Å²) in [6, 6.07) is 5.74. The van der Waals surface area contributed by atoms with Crippen LogP contribution in [-0.2, 0) is 7.05 Å². The van der Waals surface area contributed by atoms with Gasteiger partial charge in [-0.1, -0.05) is 23.2 Å². The Morgan fingerprint density at radius 2 is 1.94 bits per heavy atom. The van der Waals surface area contributed by atoms with Gasteiger partial charge in [-0.05, 0) is 12.1 Å². The normalized spacial score (nSPS) is 10.8. The van der Waals surface area contributed by atoms with Crippen molar-refractivity contribution in [2.75, 3.05) is 0 Å². The highest BCUT2D eigenvalue weighted by atomic mass is 127. The van der Waals surface area contributed by atoms with Gasteiger partial charge >= 0.3 is 0 Å². The van der Waals surface area contributed by atoms with E-state index in [1.807, 2.05) is 30.1 Å². The van der Waals surface area contributed by atoms with Crippen molar-refractivity contribution in [1.29, 1.82) is 0 Å². The number of pyridine rings is 1. The summed E-state index contributed by atoms with van der Waals surface area (Å²) >= 11 is 12.2. The Bertz CT molecular complexity index is 706. The number of aryl methyl sites for hydroxylation is 1. The first-order valence-corrected chi connectivity index (χ1v) is 5.66. The van der Waals surface area contributed by atoms with E-state index >= 15 is 0 Å². The lowest BCUT2D eigenvalue weighted by Crippen LogP contribution is -3.00. The van der Waals surface area contributed by atoms with Gasteiger partial charge in [0.25, 0.3) is 0 Å². The molecule has 0 saturated carbocycles. The molecule has 0 amide bonds. The maximum absolute atomic E-state index is 6.15. The maximum Gasteiger partial charge on any atom is 0.192 e. The zero-order valence-corrected chi connectivity index (χ0v) is 12.6. The summed E-state index contributed by atoms with van der Waals surface area (Å²) < 4.78 is 1.99. The molecule has 1 aromatic carbocycles. The molecule has 0 fully saturated rings. The lowest BCUT2D eigenvalue weighted by molar-refractivity contribution is -0.670. The van der Waals surface area contributed by atoms with E-state index in [9.17, 15) is 0 Å². The molecule has 5 heteroatoms. The van der Waals surface area contributed by atoms with Crippen LogP contribution < -0.4 is 28.5 Å². The van der Waals surface area contributed by atoms with Gasteiger partial charge < -0.3 is 29.0 Å². The molecule has 0 saturated heterocycles. The molecule has 0 unspecified atom stereocenters. The highest BCUT2D eigenvalue weighted by Crippen LogP contribution is 2.32. The highest BCUT2D eigenvalue weighted by Gasteiger charge is 2.10. The number of hydrogen-bond acceptors (Lipinski definition) is 0. The quantitative estimate of drug-likeness (QED) is 0.433. The second-order valence-electron chi connectivity index (χ2n) is 3.87. The molecular formula is C12H9Cl2IN2. The Morgan fingerprint density at radius 1 is 1.18 bits per heavy atom. The van der Waals surface area contributed by atoms with Gasteiger partial charge in [0.1, 0.15) is 12.6 Å². The molecule has 3 rings (SSSR count). The predicted molar refractivity (Wildman–Crippen MR) is 67.0 cm³/mol. The van der Waals surface area contributed by atoms with Crippen LogP contribution in [0.4, 0.5) is 0 Å². The molecule has 0 radical (unpaired) electrons. The minimum Gasteiger partial charge on any atom is -1.00 e. The first kappa shape index (κ1) is 12.9.